The zero-order valence-corrected chi connectivity index (χ0v) is 13.4. The van der Waals surface area contributed by atoms with Gasteiger partial charge in [0.1, 0.15) is 17.9 Å². The molecular weight excluding hydrogens is 351 g/mol. The van der Waals surface area contributed by atoms with Gasteiger partial charge >= 0.3 is 12.1 Å². The summed E-state index contributed by atoms with van der Waals surface area (Å²) >= 11 is 0. The standard InChI is InChI=1S/C17H12F3N3O3/c1-10-2-5-14-22-12(6-15(24)23(14)8-10)9-26-16(25)13-4-3-11(7-21-13)17(18,19)20/h2-8H,9H2,1H3. The number of ether oxygens (including phenoxy) is 1. The van der Waals surface area contributed by atoms with Gasteiger partial charge in [0, 0.05) is 18.5 Å². The number of hydrogen-bond acceptors (Lipinski definition) is 5. The van der Waals surface area contributed by atoms with Crippen molar-refractivity contribution in [2.45, 2.75) is 19.7 Å². The minimum atomic E-state index is -4.54. The maximum absolute atomic E-state index is 12.5. The van der Waals surface area contributed by atoms with Crippen molar-refractivity contribution in [2.24, 2.45) is 0 Å². The largest absolute Gasteiger partial charge is 0.454 e. The quantitative estimate of drug-likeness (QED) is 0.669. The van der Waals surface area contributed by atoms with E-state index in [0.29, 0.717) is 11.8 Å². The molecule has 3 aromatic rings. The lowest BCUT2D eigenvalue weighted by Crippen LogP contribution is -2.17. The van der Waals surface area contributed by atoms with Gasteiger partial charge < -0.3 is 4.74 Å². The molecule has 0 bridgehead atoms. The van der Waals surface area contributed by atoms with Crippen LogP contribution in [0.2, 0.25) is 0 Å². The molecule has 3 rings (SSSR count). The van der Waals surface area contributed by atoms with Crippen molar-refractivity contribution in [3.05, 3.63) is 75.6 Å². The number of esters is 1. The van der Waals surface area contributed by atoms with Gasteiger partial charge in [-0.05, 0) is 30.7 Å². The van der Waals surface area contributed by atoms with E-state index in [1.165, 1.54) is 10.5 Å². The van der Waals surface area contributed by atoms with Crippen LogP contribution in [0.5, 0.6) is 0 Å². The van der Waals surface area contributed by atoms with E-state index in [4.69, 9.17) is 4.74 Å². The molecule has 134 valence electrons. The second kappa shape index (κ2) is 6.58. The molecule has 0 aliphatic carbocycles. The number of halogens is 3. The maximum atomic E-state index is 12.5. The lowest BCUT2D eigenvalue weighted by atomic mass is 10.2. The van der Waals surface area contributed by atoms with Gasteiger partial charge in [0.05, 0.1) is 11.3 Å². The summed E-state index contributed by atoms with van der Waals surface area (Å²) in [5.74, 6) is -0.912. The van der Waals surface area contributed by atoms with Gasteiger partial charge in [-0.25, -0.2) is 14.8 Å². The summed E-state index contributed by atoms with van der Waals surface area (Å²) in [7, 11) is 0. The van der Waals surface area contributed by atoms with Crippen LogP contribution in [0.4, 0.5) is 13.2 Å². The molecule has 0 amide bonds. The Hall–Kier alpha value is -3.23. The van der Waals surface area contributed by atoms with E-state index in [0.717, 1.165) is 17.7 Å². The van der Waals surface area contributed by atoms with Gasteiger partial charge in [0.15, 0.2) is 0 Å². The summed E-state index contributed by atoms with van der Waals surface area (Å²) in [6.45, 7) is 1.53. The van der Waals surface area contributed by atoms with Crippen LogP contribution in [0, 0.1) is 6.92 Å². The zero-order chi connectivity index (χ0) is 18.9. The van der Waals surface area contributed by atoms with Crippen LogP contribution < -0.4 is 5.56 Å². The van der Waals surface area contributed by atoms with Crippen molar-refractivity contribution in [3.8, 4) is 0 Å². The third kappa shape index (κ3) is 3.71. The van der Waals surface area contributed by atoms with Crippen LogP contribution in [0.3, 0.4) is 0 Å². The molecule has 0 fully saturated rings. The Morgan fingerprint density at radius 1 is 1.23 bits per heavy atom. The van der Waals surface area contributed by atoms with Crippen molar-refractivity contribution in [1.29, 1.82) is 0 Å². The molecule has 0 aliphatic rings. The van der Waals surface area contributed by atoms with E-state index in [1.54, 1.807) is 18.3 Å². The fraction of sp³-hybridized carbons (Fsp3) is 0.176. The normalized spacial score (nSPS) is 11.5. The van der Waals surface area contributed by atoms with E-state index < -0.39 is 17.7 Å². The molecule has 3 aromatic heterocycles. The molecule has 6 nitrogen and oxygen atoms in total. The maximum Gasteiger partial charge on any atom is 0.417 e. The second-order valence-corrected chi connectivity index (χ2v) is 5.53. The molecule has 0 N–H and O–H groups in total. The number of pyridine rings is 2. The van der Waals surface area contributed by atoms with Crippen LogP contribution in [0.1, 0.15) is 27.3 Å². The van der Waals surface area contributed by atoms with Crippen molar-refractivity contribution in [2.75, 3.05) is 0 Å². The van der Waals surface area contributed by atoms with Crippen LogP contribution in [0.25, 0.3) is 5.65 Å². The van der Waals surface area contributed by atoms with Gasteiger partial charge in [0.2, 0.25) is 0 Å². The van der Waals surface area contributed by atoms with Crippen LogP contribution in [-0.4, -0.2) is 20.3 Å². The number of aromatic nitrogens is 3. The van der Waals surface area contributed by atoms with E-state index in [-0.39, 0.29) is 23.6 Å². The number of hydrogen-bond donors (Lipinski definition) is 0. The Balaban J connectivity index is 1.74. The van der Waals surface area contributed by atoms with Gasteiger partial charge in [-0.3, -0.25) is 9.20 Å². The molecule has 9 heteroatoms. The number of fused-ring (bicyclic) bond motifs is 1. The zero-order valence-electron chi connectivity index (χ0n) is 13.4. The summed E-state index contributed by atoms with van der Waals surface area (Å²) in [6.07, 6.45) is -2.35. The molecule has 0 saturated heterocycles. The Kier molecular flexibility index (Phi) is 4.45. The first-order chi connectivity index (χ1) is 12.2. The average molecular weight is 363 g/mol. The first kappa shape index (κ1) is 17.6. The molecule has 0 aromatic carbocycles. The molecule has 0 atom stereocenters. The Bertz CT molecular complexity index is 1030. The Morgan fingerprint density at radius 3 is 2.65 bits per heavy atom. The van der Waals surface area contributed by atoms with Crippen molar-refractivity contribution in [3.63, 3.8) is 0 Å². The van der Waals surface area contributed by atoms with Crippen molar-refractivity contribution < 1.29 is 22.7 Å². The average Bonchev–Trinajstić information content (AvgIpc) is 2.59. The molecule has 0 saturated carbocycles. The highest BCUT2D eigenvalue weighted by molar-refractivity contribution is 5.87. The predicted molar refractivity (Wildman–Crippen MR) is 84.6 cm³/mol. The monoisotopic (exact) mass is 363 g/mol. The number of alkyl halides is 3. The summed E-state index contributed by atoms with van der Waals surface area (Å²) in [4.78, 5) is 31.6. The van der Waals surface area contributed by atoms with Crippen LogP contribution in [0.15, 0.2) is 47.5 Å². The van der Waals surface area contributed by atoms with Crippen LogP contribution in [-0.2, 0) is 17.5 Å². The lowest BCUT2D eigenvalue weighted by Gasteiger charge is -2.08. The number of carbonyl (C=O) groups is 1. The third-order valence-electron chi connectivity index (χ3n) is 3.51. The summed E-state index contributed by atoms with van der Waals surface area (Å²) < 4.78 is 43.8. The smallest absolute Gasteiger partial charge is 0.417 e. The molecule has 0 spiro atoms. The first-order valence-electron chi connectivity index (χ1n) is 7.43. The number of nitrogens with zero attached hydrogens (tertiary/aromatic N) is 3. The summed E-state index contributed by atoms with van der Waals surface area (Å²) in [6, 6.07) is 6.33. The minimum absolute atomic E-state index is 0.221. The number of carbonyl (C=O) groups excluding carboxylic acids is 1. The highest BCUT2D eigenvalue weighted by Gasteiger charge is 2.31. The van der Waals surface area contributed by atoms with E-state index >= 15 is 0 Å². The van der Waals surface area contributed by atoms with E-state index in [9.17, 15) is 22.8 Å². The SMILES string of the molecule is Cc1ccc2nc(COC(=O)c3ccc(C(F)(F)F)cn3)cc(=O)n2c1. The van der Waals surface area contributed by atoms with Gasteiger partial charge in [0.25, 0.3) is 5.56 Å². The van der Waals surface area contributed by atoms with Crippen LogP contribution >= 0.6 is 0 Å². The minimum Gasteiger partial charge on any atom is -0.454 e. The Morgan fingerprint density at radius 2 is 2.00 bits per heavy atom. The van der Waals surface area contributed by atoms with E-state index in [2.05, 4.69) is 9.97 Å². The summed E-state index contributed by atoms with van der Waals surface area (Å²) in [5, 5.41) is 0. The molecule has 26 heavy (non-hydrogen) atoms. The molecule has 0 aliphatic heterocycles. The predicted octanol–water partition coefficient (Wildman–Crippen LogP) is 2.77. The fourth-order valence-electron chi connectivity index (χ4n) is 2.23. The van der Waals surface area contributed by atoms with Gasteiger partial charge in [-0.15, -0.1) is 0 Å². The van der Waals surface area contributed by atoms with E-state index in [1.807, 2.05) is 6.92 Å². The first-order valence-corrected chi connectivity index (χ1v) is 7.43. The molecule has 0 unspecified atom stereocenters. The van der Waals surface area contributed by atoms with Gasteiger partial charge in [-0.1, -0.05) is 6.07 Å². The summed E-state index contributed by atoms with van der Waals surface area (Å²) in [5.41, 5.74) is -0.0769. The van der Waals surface area contributed by atoms with Gasteiger partial charge in [-0.2, -0.15) is 13.2 Å². The van der Waals surface area contributed by atoms with Crippen molar-refractivity contribution >= 4 is 11.6 Å². The third-order valence-corrected chi connectivity index (χ3v) is 3.51. The molecule has 0 radical (unpaired) electrons. The highest BCUT2D eigenvalue weighted by atomic mass is 19.4. The second-order valence-electron chi connectivity index (χ2n) is 5.53. The topological polar surface area (TPSA) is 73.6 Å². The fourth-order valence-corrected chi connectivity index (χ4v) is 2.23. The molecule has 3 heterocycles. The highest BCUT2D eigenvalue weighted by Crippen LogP contribution is 2.28. The lowest BCUT2D eigenvalue weighted by molar-refractivity contribution is -0.137. The molecular formula is C17H12F3N3O3. The number of aryl methyl sites for hydroxylation is 1. The van der Waals surface area contributed by atoms with Crippen molar-refractivity contribution in [1.82, 2.24) is 14.4 Å². The number of rotatable bonds is 3. The Labute approximate surface area is 144 Å².